The lowest BCUT2D eigenvalue weighted by molar-refractivity contribution is 0.0624. The van der Waals surface area contributed by atoms with Gasteiger partial charge in [-0.25, -0.2) is 0 Å². The minimum Gasteiger partial charge on any atom is -0.399 e. The predicted molar refractivity (Wildman–Crippen MR) is 84.0 cm³/mol. The van der Waals surface area contributed by atoms with E-state index < -0.39 is 0 Å². The van der Waals surface area contributed by atoms with Crippen LogP contribution in [0.25, 0.3) is 0 Å². The van der Waals surface area contributed by atoms with E-state index in [1.54, 1.807) is 6.07 Å². The van der Waals surface area contributed by atoms with Crippen LogP contribution in [0.2, 0.25) is 0 Å². The molecule has 1 saturated heterocycles. The van der Waals surface area contributed by atoms with Crippen LogP contribution in [0, 0.1) is 11.8 Å². The number of likely N-dealkylation sites (tertiary alicyclic amines) is 1. The molecule has 110 valence electrons. The Balaban J connectivity index is 2.30. The lowest BCUT2D eigenvalue weighted by Gasteiger charge is -2.35. The maximum absolute atomic E-state index is 12.8. The van der Waals surface area contributed by atoms with Crippen molar-refractivity contribution in [1.29, 1.82) is 0 Å². The Morgan fingerprint density at radius 2 is 1.85 bits per heavy atom. The molecule has 4 nitrogen and oxygen atoms in total. The number of amides is 1. The number of rotatable bonds is 2. The Morgan fingerprint density at radius 1 is 1.25 bits per heavy atom. The zero-order valence-electron chi connectivity index (χ0n) is 12.9. The molecular formula is C16H25N3O. The van der Waals surface area contributed by atoms with E-state index >= 15 is 0 Å². The van der Waals surface area contributed by atoms with Crippen LogP contribution >= 0.6 is 0 Å². The predicted octanol–water partition coefficient (Wildman–Crippen LogP) is 2.45. The average Bonchev–Trinajstić information content (AvgIpc) is 2.36. The Kier molecular flexibility index (Phi) is 4.21. The quantitative estimate of drug-likeness (QED) is 0.843. The minimum absolute atomic E-state index is 0.0967. The monoisotopic (exact) mass is 275 g/mol. The Labute approximate surface area is 121 Å². The molecule has 0 radical (unpaired) electrons. The van der Waals surface area contributed by atoms with Crippen LogP contribution < -0.4 is 10.6 Å². The van der Waals surface area contributed by atoms with Gasteiger partial charge in [0.1, 0.15) is 0 Å². The van der Waals surface area contributed by atoms with Gasteiger partial charge in [-0.05, 0) is 36.5 Å². The highest BCUT2D eigenvalue weighted by atomic mass is 16.2. The van der Waals surface area contributed by atoms with Gasteiger partial charge in [0, 0.05) is 38.6 Å². The van der Waals surface area contributed by atoms with Gasteiger partial charge in [-0.15, -0.1) is 0 Å². The standard InChI is InChI=1S/C16H25N3O/c1-11-7-12(2)10-19(9-11)16(20)14-8-13(17)5-6-15(14)18(3)4/h5-6,8,11-12H,7,9-10,17H2,1-4H3/t11-,12+. The van der Waals surface area contributed by atoms with Gasteiger partial charge < -0.3 is 15.5 Å². The zero-order valence-corrected chi connectivity index (χ0v) is 12.9. The number of nitrogen functional groups attached to an aromatic ring is 1. The van der Waals surface area contributed by atoms with E-state index in [-0.39, 0.29) is 5.91 Å². The minimum atomic E-state index is 0.0967. The summed E-state index contributed by atoms with van der Waals surface area (Å²) in [5, 5.41) is 0. The average molecular weight is 275 g/mol. The molecule has 0 aromatic heterocycles. The van der Waals surface area contributed by atoms with Crippen molar-refractivity contribution < 1.29 is 4.79 Å². The van der Waals surface area contributed by atoms with E-state index in [4.69, 9.17) is 5.73 Å². The number of piperidine rings is 1. The van der Waals surface area contributed by atoms with Gasteiger partial charge in [0.15, 0.2) is 0 Å². The molecule has 0 spiro atoms. The van der Waals surface area contributed by atoms with E-state index in [0.717, 1.165) is 18.8 Å². The summed E-state index contributed by atoms with van der Waals surface area (Å²) in [6.45, 7) is 6.10. The number of carbonyl (C=O) groups excluding carboxylic acids is 1. The first-order valence-electron chi connectivity index (χ1n) is 7.24. The number of carbonyl (C=O) groups is 1. The SMILES string of the molecule is C[C@@H]1C[C@H](C)CN(C(=O)c2cc(N)ccc2N(C)C)C1. The summed E-state index contributed by atoms with van der Waals surface area (Å²) < 4.78 is 0. The lowest BCUT2D eigenvalue weighted by atomic mass is 9.91. The van der Waals surface area contributed by atoms with Crippen molar-refractivity contribution in [1.82, 2.24) is 4.90 Å². The molecule has 1 aliphatic heterocycles. The summed E-state index contributed by atoms with van der Waals surface area (Å²) in [6, 6.07) is 5.55. The molecule has 1 heterocycles. The van der Waals surface area contributed by atoms with Crippen LogP contribution in [0.4, 0.5) is 11.4 Å². The third-order valence-electron chi connectivity index (χ3n) is 3.89. The van der Waals surface area contributed by atoms with Crippen LogP contribution in [-0.4, -0.2) is 38.0 Å². The van der Waals surface area contributed by atoms with Crippen LogP contribution in [-0.2, 0) is 0 Å². The van der Waals surface area contributed by atoms with Crippen molar-refractivity contribution in [2.75, 3.05) is 37.8 Å². The van der Waals surface area contributed by atoms with Gasteiger partial charge in [-0.3, -0.25) is 4.79 Å². The van der Waals surface area contributed by atoms with Crippen LogP contribution in [0.15, 0.2) is 18.2 Å². The second-order valence-corrected chi connectivity index (χ2v) is 6.33. The van der Waals surface area contributed by atoms with Crippen molar-refractivity contribution in [3.05, 3.63) is 23.8 Å². The molecule has 20 heavy (non-hydrogen) atoms. The van der Waals surface area contributed by atoms with Gasteiger partial charge in [0.25, 0.3) is 5.91 Å². The smallest absolute Gasteiger partial charge is 0.256 e. The highest BCUT2D eigenvalue weighted by Crippen LogP contribution is 2.27. The van der Waals surface area contributed by atoms with Crippen LogP contribution in [0.3, 0.4) is 0 Å². The van der Waals surface area contributed by atoms with Crippen molar-refractivity contribution in [3.63, 3.8) is 0 Å². The molecule has 0 aliphatic carbocycles. The molecule has 0 bridgehead atoms. The van der Waals surface area contributed by atoms with Crippen molar-refractivity contribution >= 4 is 17.3 Å². The zero-order chi connectivity index (χ0) is 14.9. The van der Waals surface area contributed by atoms with Crippen molar-refractivity contribution in [3.8, 4) is 0 Å². The van der Waals surface area contributed by atoms with Crippen LogP contribution in [0.5, 0.6) is 0 Å². The second kappa shape index (κ2) is 5.73. The molecule has 0 saturated carbocycles. The molecule has 2 atom stereocenters. The van der Waals surface area contributed by atoms with Gasteiger partial charge in [-0.1, -0.05) is 13.8 Å². The van der Waals surface area contributed by atoms with Crippen molar-refractivity contribution in [2.24, 2.45) is 11.8 Å². The number of anilines is 2. The number of nitrogens with zero attached hydrogens (tertiary/aromatic N) is 2. The van der Waals surface area contributed by atoms with E-state index in [9.17, 15) is 4.79 Å². The van der Waals surface area contributed by atoms with E-state index in [1.165, 1.54) is 6.42 Å². The molecule has 4 heteroatoms. The summed E-state index contributed by atoms with van der Waals surface area (Å²) in [5.74, 6) is 1.22. The summed E-state index contributed by atoms with van der Waals surface area (Å²) in [7, 11) is 3.90. The topological polar surface area (TPSA) is 49.6 Å². The number of nitrogens with two attached hydrogens (primary N) is 1. The molecule has 1 fully saturated rings. The van der Waals surface area contributed by atoms with Gasteiger partial charge >= 0.3 is 0 Å². The first-order chi connectivity index (χ1) is 9.38. The third kappa shape index (κ3) is 3.06. The van der Waals surface area contributed by atoms with E-state index in [2.05, 4.69) is 13.8 Å². The molecule has 1 aromatic rings. The highest BCUT2D eigenvalue weighted by molar-refractivity contribution is 6.00. The highest BCUT2D eigenvalue weighted by Gasteiger charge is 2.27. The molecule has 2 N–H and O–H groups in total. The molecule has 1 aromatic carbocycles. The molecule has 1 amide bonds. The van der Waals surface area contributed by atoms with Gasteiger partial charge in [0.05, 0.1) is 5.56 Å². The Hall–Kier alpha value is -1.71. The number of hydrogen-bond acceptors (Lipinski definition) is 3. The first-order valence-corrected chi connectivity index (χ1v) is 7.24. The summed E-state index contributed by atoms with van der Waals surface area (Å²) in [6.07, 6.45) is 1.20. The summed E-state index contributed by atoms with van der Waals surface area (Å²) in [5.41, 5.74) is 8.13. The maximum atomic E-state index is 12.8. The number of benzene rings is 1. The fourth-order valence-corrected chi connectivity index (χ4v) is 3.11. The largest absolute Gasteiger partial charge is 0.399 e. The van der Waals surface area contributed by atoms with Crippen molar-refractivity contribution in [2.45, 2.75) is 20.3 Å². The molecule has 1 aliphatic rings. The lowest BCUT2D eigenvalue weighted by Crippen LogP contribution is -2.43. The second-order valence-electron chi connectivity index (χ2n) is 6.33. The normalized spacial score (nSPS) is 22.7. The Morgan fingerprint density at radius 3 is 2.40 bits per heavy atom. The number of hydrogen-bond donors (Lipinski definition) is 1. The van der Waals surface area contributed by atoms with Crippen LogP contribution in [0.1, 0.15) is 30.6 Å². The summed E-state index contributed by atoms with van der Waals surface area (Å²) in [4.78, 5) is 16.7. The van der Waals surface area contributed by atoms with Gasteiger partial charge in [0.2, 0.25) is 0 Å². The Bertz CT molecular complexity index is 488. The summed E-state index contributed by atoms with van der Waals surface area (Å²) >= 11 is 0. The van der Waals surface area contributed by atoms with Gasteiger partial charge in [-0.2, -0.15) is 0 Å². The fourth-order valence-electron chi connectivity index (χ4n) is 3.11. The third-order valence-corrected chi connectivity index (χ3v) is 3.89. The van der Waals surface area contributed by atoms with E-state index in [1.807, 2.05) is 36.0 Å². The maximum Gasteiger partial charge on any atom is 0.256 e. The molecular weight excluding hydrogens is 250 g/mol. The fraction of sp³-hybridized carbons (Fsp3) is 0.562. The first kappa shape index (κ1) is 14.7. The molecule has 2 rings (SSSR count). The van der Waals surface area contributed by atoms with E-state index in [0.29, 0.717) is 23.1 Å². The molecule has 0 unspecified atom stereocenters.